The molecule has 6 heteroatoms. The zero-order chi connectivity index (χ0) is 15.6. The first-order valence-corrected chi connectivity index (χ1v) is 7.67. The molecule has 1 N–H and O–H groups in total. The van der Waals surface area contributed by atoms with Gasteiger partial charge in [0, 0.05) is 12.1 Å². The van der Waals surface area contributed by atoms with Crippen LogP contribution in [-0.4, -0.2) is 26.8 Å². The summed E-state index contributed by atoms with van der Waals surface area (Å²) in [6.45, 7) is 2.81. The van der Waals surface area contributed by atoms with Crippen LogP contribution in [0.4, 0.5) is 5.69 Å². The Morgan fingerprint density at radius 2 is 2.04 bits per heavy atom. The third-order valence-corrected chi connectivity index (χ3v) is 3.95. The summed E-state index contributed by atoms with van der Waals surface area (Å²) < 4.78 is 7.30. The van der Waals surface area contributed by atoms with Crippen molar-refractivity contribution >= 4 is 5.69 Å². The largest absolute Gasteiger partial charge is 0.493 e. The van der Waals surface area contributed by atoms with Gasteiger partial charge in [-0.05, 0) is 53.2 Å². The molecule has 6 nitrogen and oxygen atoms in total. The van der Waals surface area contributed by atoms with Crippen molar-refractivity contribution in [3.63, 3.8) is 0 Å². The van der Waals surface area contributed by atoms with Gasteiger partial charge < -0.3 is 10.1 Å². The molecule has 1 atom stereocenters. The van der Waals surface area contributed by atoms with Crippen LogP contribution in [0.15, 0.2) is 48.5 Å². The zero-order valence-corrected chi connectivity index (χ0v) is 12.8. The first-order chi connectivity index (χ1) is 11.3. The van der Waals surface area contributed by atoms with E-state index in [1.165, 1.54) is 5.56 Å². The molecule has 1 aliphatic rings. The molecule has 0 radical (unpaired) electrons. The molecule has 1 aliphatic heterocycles. The molecule has 3 aromatic rings. The van der Waals surface area contributed by atoms with Crippen LogP contribution < -0.4 is 10.1 Å². The number of tetrazole rings is 1. The van der Waals surface area contributed by atoms with Crippen molar-refractivity contribution in [1.82, 2.24) is 20.2 Å². The standard InChI is InChI=1S/C17H17N5O/c1-12(18-14-7-8-16-13(11-14)9-10-23-16)17-19-20-21-22(17)15-5-3-2-4-6-15/h2-8,11-12,18H,9-10H2,1H3/t12-/m0/s1. The summed E-state index contributed by atoms with van der Waals surface area (Å²) in [6, 6.07) is 16.0. The van der Waals surface area contributed by atoms with E-state index in [1.807, 2.05) is 42.5 Å². The topological polar surface area (TPSA) is 64.9 Å². The van der Waals surface area contributed by atoms with E-state index in [2.05, 4.69) is 33.8 Å². The summed E-state index contributed by atoms with van der Waals surface area (Å²) in [5, 5.41) is 15.6. The fraction of sp³-hybridized carbons (Fsp3) is 0.235. The molecular weight excluding hydrogens is 290 g/mol. The van der Waals surface area contributed by atoms with Gasteiger partial charge in [0.1, 0.15) is 5.75 Å². The van der Waals surface area contributed by atoms with E-state index in [1.54, 1.807) is 4.68 Å². The second-order valence-electron chi connectivity index (χ2n) is 5.57. The van der Waals surface area contributed by atoms with Crippen molar-refractivity contribution in [2.45, 2.75) is 19.4 Å². The number of aromatic nitrogens is 4. The van der Waals surface area contributed by atoms with Gasteiger partial charge in [0.2, 0.25) is 0 Å². The molecule has 0 spiro atoms. The molecule has 4 rings (SSSR count). The Morgan fingerprint density at radius 1 is 1.17 bits per heavy atom. The van der Waals surface area contributed by atoms with Crippen LogP contribution in [0.5, 0.6) is 5.75 Å². The van der Waals surface area contributed by atoms with E-state index in [9.17, 15) is 0 Å². The van der Waals surface area contributed by atoms with Gasteiger partial charge in [-0.15, -0.1) is 5.10 Å². The number of para-hydroxylation sites is 1. The van der Waals surface area contributed by atoms with Crippen LogP contribution in [0.2, 0.25) is 0 Å². The van der Waals surface area contributed by atoms with Crippen LogP contribution >= 0.6 is 0 Å². The van der Waals surface area contributed by atoms with Crippen molar-refractivity contribution in [3.8, 4) is 11.4 Å². The number of rotatable bonds is 4. The number of hydrogen-bond donors (Lipinski definition) is 1. The average molecular weight is 307 g/mol. The number of anilines is 1. The Morgan fingerprint density at radius 3 is 2.91 bits per heavy atom. The van der Waals surface area contributed by atoms with E-state index in [0.717, 1.165) is 36.0 Å². The van der Waals surface area contributed by atoms with Crippen LogP contribution in [-0.2, 0) is 6.42 Å². The zero-order valence-electron chi connectivity index (χ0n) is 12.8. The van der Waals surface area contributed by atoms with Crippen LogP contribution in [0.1, 0.15) is 24.4 Å². The molecule has 23 heavy (non-hydrogen) atoms. The maximum absolute atomic E-state index is 5.54. The van der Waals surface area contributed by atoms with Crippen molar-refractivity contribution in [2.24, 2.45) is 0 Å². The molecule has 2 aromatic carbocycles. The Balaban J connectivity index is 1.58. The molecule has 2 heterocycles. The predicted octanol–water partition coefficient (Wildman–Crippen LogP) is 2.77. The lowest BCUT2D eigenvalue weighted by molar-refractivity contribution is 0.357. The van der Waals surface area contributed by atoms with Gasteiger partial charge in [-0.2, -0.15) is 4.68 Å². The van der Waals surface area contributed by atoms with Crippen molar-refractivity contribution in [3.05, 3.63) is 59.9 Å². The molecule has 0 unspecified atom stereocenters. The Bertz CT molecular complexity index is 815. The fourth-order valence-corrected chi connectivity index (χ4v) is 2.81. The lowest BCUT2D eigenvalue weighted by atomic mass is 10.1. The quantitative estimate of drug-likeness (QED) is 0.803. The summed E-state index contributed by atoms with van der Waals surface area (Å²) in [6.07, 6.45) is 0.959. The van der Waals surface area contributed by atoms with Gasteiger partial charge in [-0.25, -0.2) is 0 Å². The molecule has 0 aliphatic carbocycles. The number of nitrogens with zero attached hydrogens (tertiary/aromatic N) is 4. The molecule has 0 bridgehead atoms. The van der Waals surface area contributed by atoms with E-state index in [4.69, 9.17) is 4.74 Å². The summed E-state index contributed by atoms with van der Waals surface area (Å²) in [5.74, 6) is 1.75. The first-order valence-electron chi connectivity index (χ1n) is 7.67. The summed E-state index contributed by atoms with van der Waals surface area (Å²) in [4.78, 5) is 0. The number of benzene rings is 2. The molecule has 0 amide bonds. The average Bonchev–Trinajstić information content (AvgIpc) is 3.24. The smallest absolute Gasteiger partial charge is 0.178 e. The van der Waals surface area contributed by atoms with Gasteiger partial charge in [-0.3, -0.25) is 0 Å². The Labute approximate surface area is 134 Å². The number of fused-ring (bicyclic) bond motifs is 1. The minimum atomic E-state index is -0.0226. The summed E-state index contributed by atoms with van der Waals surface area (Å²) >= 11 is 0. The van der Waals surface area contributed by atoms with E-state index < -0.39 is 0 Å². The Hall–Kier alpha value is -2.89. The lowest BCUT2D eigenvalue weighted by Gasteiger charge is -2.15. The number of ether oxygens (including phenoxy) is 1. The van der Waals surface area contributed by atoms with Crippen molar-refractivity contribution in [1.29, 1.82) is 0 Å². The van der Waals surface area contributed by atoms with E-state index in [-0.39, 0.29) is 6.04 Å². The molecule has 0 fully saturated rings. The molecule has 0 saturated carbocycles. The predicted molar refractivity (Wildman–Crippen MR) is 86.8 cm³/mol. The fourth-order valence-electron chi connectivity index (χ4n) is 2.81. The minimum Gasteiger partial charge on any atom is -0.493 e. The van der Waals surface area contributed by atoms with Crippen LogP contribution in [0.25, 0.3) is 5.69 Å². The third-order valence-electron chi connectivity index (χ3n) is 3.95. The highest BCUT2D eigenvalue weighted by molar-refractivity contribution is 5.53. The highest BCUT2D eigenvalue weighted by atomic mass is 16.5. The van der Waals surface area contributed by atoms with Gasteiger partial charge in [-0.1, -0.05) is 18.2 Å². The third kappa shape index (κ3) is 2.63. The molecule has 116 valence electrons. The summed E-state index contributed by atoms with van der Waals surface area (Å²) in [5.41, 5.74) is 3.23. The van der Waals surface area contributed by atoms with Gasteiger partial charge in [0.25, 0.3) is 0 Å². The lowest BCUT2D eigenvalue weighted by Crippen LogP contribution is -2.13. The minimum absolute atomic E-state index is 0.0226. The first kappa shape index (κ1) is 13.8. The Kier molecular flexibility index (Phi) is 3.42. The van der Waals surface area contributed by atoms with Crippen LogP contribution in [0, 0.1) is 0 Å². The summed E-state index contributed by atoms with van der Waals surface area (Å²) in [7, 11) is 0. The van der Waals surface area contributed by atoms with Crippen molar-refractivity contribution < 1.29 is 4.74 Å². The highest BCUT2D eigenvalue weighted by Crippen LogP contribution is 2.29. The molecule has 1 aromatic heterocycles. The SMILES string of the molecule is C[C@H](Nc1ccc2c(c1)CCO2)c1nnnn1-c1ccccc1. The van der Waals surface area contributed by atoms with Gasteiger partial charge in [0.15, 0.2) is 5.82 Å². The highest BCUT2D eigenvalue weighted by Gasteiger charge is 2.17. The van der Waals surface area contributed by atoms with Crippen LogP contribution in [0.3, 0.4) is 0 Å². The maximum atomic E-state index is 5.54. The normalized spacial score (nSPS) is 14.1. The second kappa shape index (κ2) is 5.72. The molecule has 0 saturated heterocycles. The number of hydrogen-bond acceptors (Lipinski definition) is 5. The van der Waals surface area contributed by atoms with E-state index >= 15 is 0 Å². The number of nitrogens with one attached hydrogen (secondary N) is 1. The monoisotopic (exact) mass is 307 g/mol. The second-order valence-corrected chi connectivity index (χ2v) is 5.57. The van der Waals surface area contributed by atoms with Gasteiger partial charge in [0.05, 0.1) is 18.3 Å². The van der Waals surface area contributed by atoms with E-state index in [0.29, 0.717) is 0 Å². The molecular formula is C17H17N5O. The maximum Gasteiger partial charge on any atom is 0.178 e. The van der Waals surface area contributed by atoms with Crippen molar-refractivity contribution in [2.75, 3.05) is 11.9 Å². The van der Waals surface area contributed by atoms with Gasteiger partial charge >= 0.3 is 0 Å².